The minimum absolute atomic E-state index is 0. The molecule has 0 radical (unpaired) electrons. The maximum absolute atomic E-state index is 8.59. The molecule has 0 aromatic rings. The third kappa shape index (κ3) is 22.5. The number of quaternary nitrogens is 2. The minimum Gasteiger partial charge on any atom is -0.820 e. The summed E-state index contributed by atoms with van der Waals surface area (Å²) >= 11 is 0. The first kappa shape index (κ1) is 18.0. The van der Waals surface area contributed by atoms with Crippen LogP contribution in [0.2, 0.25) is 0 Å². The highest BCUT2D eigenvalue weighted by atomic mass is 31.2. The number of hydrogen-bond acceptors (Lipinski definition) is 5. The summed E-state index contributed by atoms with van der Waals surface area (Å²) in [7, 11) is -3.12. The third-order valence-electron chi connectivity index (χ3n) is 0.957. The first-order valence-corrected chi connectivity index (χ1v) is 4.11. The van der Waals surface area contributed by atoms with E-state index in [0.717, 1.165) is 26.2 Å². The van der Waals surface area contributed by atoms with E-state index in [0.29, 0.717) is 0 Å². The zero-order valence-corrected chi connectivity index (χ0v) is 8.43. The average Bonchev–Trinajstić information content (AvgIpc) is 1.90. The van der Waals surface area contributed by atoms with E-state index >= 15 is 0 Å². The van der Waals surface area contributed by atoms with Crippen LogP contribution in [-0.4, -0.2) is 31.1 Å². The Morgan fingerprint density at radius 1 is 0.917 bits per heavy atom. The van der Waals surface area contributed by atoms with Gasteiger partial charge in [0.2, 0.25) is 0 Å². The summed E-state index contributed by atoms with van der Waals surface area (Å²) in [6.07, 6.45) is 0. The Bertz CT molecular complexity index is 59.1. The number of rotatable bonds is 0. The number of hydrogen-bond donors (Lipinski definition) is 5. The van der Waals surface area contributed by atoms with Crippen molar-refractivity contribution in [2.24, 2.45) is 0 Å². The van der Waals surface area contributed by atoms with Crippen LogP contribution < -0.4 is 32.7 Å². The summed E-state index contributed by atoms with van der Waals surface area (Å²) in [6, 6.07) is 0. The van der Waals surface area contributed by atoms with Gasteiger partial charge >= 0.3 is 0 Å². The lowest BCUT2D eigenvalue weighted by molar-refractivity contribution is -0.313. The molecule has 1 fully saturated rings. The molecule has 1 rings (SSSR count). The Balaban J connectivity index is -0.000000124. The standard InChI is InChI=1S/C4H10N2.2H3N.HO3P/c1-2-6-4-3-5-1;;;1-4(2)3/h5-6H,1-4H2;2*1H3;1H/q;;;-2/p+2. The molecule has 0 atom stereocenters. The fourth-order valence-electron chi connectivity index (χ4n) is 0.604. The van der Waals surface area contributed by atoms with Gasteiger partial charge in [-0.05, 0) is 0 Å². The highest BCUT2D eigenvalue weighted by molar-refractivity contribution is 7.35. The molecule has 0 saturated carbocycles. The third-order valence-corrected chi connectivity index (χ3v) is 0.957. The lowest BCUT2D eigenvalue weighted by Crippen LogP contribution is -2.39. The van der Waals surface area contributed by atoms with Crippen LogP contribution in [0.25, 0.3) is 0 Å². The van der Waals surface area contributed by atoms with Gasteiger partial charge in [-0.3, -0.25) is 0 Å². The summed E-state index contributed by atoms with van der Waals surface area (Å²) in [5, 5.41) is 6.44. The molecule has 7 nitrogen and oxygen atoms in total. The van der Waals surface area contributed by atoms with Gasteiger partial charge in [0.15, 0.2) is 0 Å². The average molecular weight is 202 g/mol. The Morgan fingerprint density at radius 2 is 1.08 bits per heavy atom. The molecule has 8 heteroatoms. The summed E-state index contributed by atoms with van der Waals surface area (Å²) in [6.45, 7) is 4.56. The topological polar surface area (TPSA) is 163 Å². The van der Waals surface area contributed by atoms with Gasteiger partial charge in [-0.25, -0.2) is 0 Å². The van der Waals surface area contributed by atoms with Crippen molar-refractivity contribution in [1.29, 1.82) is 0 Å². The van der Waals surface area contributed by atoms with E-state index in [9.17, 15) is 0 Å². The molecule has 0 aromatic carbocycles. The van der Waals surface area contributed by atoms with E-state index in [1.54, 1.807) is 0 Å². The molecule has 12 heavy (non-hydrogen) atoms. The molecule has 11 N–H and O–H groups in total. The molecule has 0 amide bonds. The van der Waals surface area contributed by atoms with Gasteiger partial charge in [-0.1, -0.05) is 0 Å². The highest BCUT2D eigenvalue weighted by Crippen LogP contribution is 1.95. The molecule has 0 aromatic heterocycles. The van der Waals surface area contributed by atoms with E-state index in [2.05, 4.69) is 10.6 Å². The van der Waals surface area contributed by atoms with Crippen LogP contribution in [-0.2, 0) is 0 Å². The molecule has 1 heterocycles. The summed E-state index contributed by atoms with van der Waals surface area (Å²) < 4.78 is 0. The smallest absolute Gasteiger partial charge is 0.00772 e. The molecule has 1 aliphatic heterocycles. The van der Waals surface area contributed by atoms with Crippen LogP contribution in [0.1, 0.15) is 0 Å². The van der Waals surface area contributed by atoms with Crippen molar-refractivity contribution < 1.29 is 14.7 Å². The van der Waals surface area contributed by atoms with E-state index in [4.69, 9.17) is 14.7 Å². The molecular weight excluding hydrogens is 183 g/mol. The molecule has 78 valence electrons. The Hall–Kier alpha value is 0.150. The summed E-state index contributed by atoms with van der Waals surface area (Å²) in [5.74, 6) is 0. The summed E-state index contributed by atoms with van der Waals surface area (Å²) in [4.78, 5) is 24.2. The SMILES string of the molecule is C1CNCCN1.[NH4+].[NH4+].[O-]P([O-])O. The molecule has 0 bridgehead atoms. The van der Waals surface area contributed by atoms with E-state index < -0.39 is 8.60 Å². The van der Waals surface area contributed by atoms with Crippen molar-refractivity contribution in [1.82, 2.24) is 22.9 Å². The van der Waals surface area contributed by atoms with E-state index in [1.807, 2.05) is 0 Å². The molecule has 1 aliphatic rings. The second kappa shape index (κ2) is 13.7. The minimum atomic E-state index is -3.12. The van der Waals surface area contributed by atoms with Crippen LogP contribution in [0, 0.1) is 0 Å². The first-order chi connectivity index (χ1) is 4.73. The van der Waals surface area contributed by atoms with Crippen LogP contribution in [0.15, 0.2) is 0 Å². The lowest BCUT2D eigenvalue weighted by Gasteiger charge is -2.19. The second-order valence-corrected chi connectivity index (χ2v) is 2.21. The summed E-state index contributed by atoms with van der Waals surface area (Å²) in [5.41, 5.74) is 0. The Kier molecular flexibility index (Phi) is 20.6. The Labute approximate surface area is 73.3 Å². The zero-order chi connectivity index (χ0) is 7.82. The quantitative estimate of drug-likeness (QED) is 0.282. The highest BCUT2D eigenvalue weighted by Gasteiger charge is 1.91. The maximum Gasteiger partial charge on any atom is 0.00772 e. The largest absolute Gasteiger partial charge is 0.820 e. The van der Waals surface area contributed by atoms with Gasteiger partial charge in [-0.15, -0.1) is 0 Å². The normalized spacial score (nSPS) is 15.0. The maximum atomic E-state index is 8.59. The monoisotopic (exact) mass is 202 g/mol. The van der Waals surface area contributed by atoms with Gasteiger partial charge in [0.1, 0.15) is 0 Å². The van der Waals surface area contributed by atoms with Crippen molar-refractivity contribution >= 4 is 8.60 Å². The van der Waals surface area contributed by atoms with Crippen LogP contribution >= 0.6 is 8.60 Å². The van der Waals surface area contributed by atoms with Crippen molar-refractivity contribution in [2.75, 3.05) is 26.2 Å². The molecular formula is C4H19N4O3P. The van der Waals surface area contributed by atoms with Crippen molar-refractivity contribution in [3.8, 4) is 0 Å². The van der Waals surface area contributed by atoms with Gasteiger partial charge in [0.25, 0.3) is 0 Å². The zero-order valence-electron chi connectivity index (χ0n) is 7.54. The fraction of sp³-hybridized carbons (Fsp3) is 1.00. The molecule has 0 spiro atoms. The Morgan fingerprint density at radius 3 is 1.17 bits per heavy atom. The van der Waals surface area contributed by atoms with E-state index in [1.165, 1.54) is 0 Å². The van der Waals surface area contributed by atoms with Crippen LogP contribution in [0.3, 0.4) is 0 Å². The predicted octanol–water partition coefficient (Wildman–Crippen LogP) is -2.14. The molecule has 0 aliphatic carbocycles. The number of piperazine rings is 1. The molecule has 0 unspecified atom stereocenters. The van der Waals surface area contributed by atoms with Gasteiger partial charge in [0.05, 0.1) is 0 Å². The van der Waals surface area contributed by atoms with Crippen molar-refractivity contribution in [3.63, 3.8) is 0 Å². The van der Waals surface area contributed by atoms with Crippen molar-refractivity contribution in [2.45, 2.75) is 0 Å². The van der Waals surface area contributed by atoms with Gasteiger partial charge in [-0.2, -0.15) is 8.60 Å². The van der Waals surface area contributed by atoms with Crippen LogP contribution in [0.4, 0.5) is 0 Å². The van der Waals surface area contributed by atoms with Crippen LogP contribution in [0.5, 0.6) is 0 Å². The lowest BCUT2D eigenvalue weighted by atomic mass is 10.4. The fourth-order valence-corrected chi connectivity index (χ4v) is 0.604. The molecule has 1 saturated heterocycles. The predicted molar refractivity (Wildman–Crippen MR) is 46.8 cm³/mol. The first-order valence-electron chi connectivity index (χ1n) is 2.98. The van der Waals surface area contributed by atoms with E-state index in [-0.39, 0.29) is 12.3 Å². The van der Waals surface area contributed by atoms with Crippen molar-refractivity contribution in [3.05, 3.63) is 0 Å². The number of nitrogens with one attached hydrogen (secondary N) is 2. The second-order valence-electron chi connectivity index (χ2n) is 1.74. The van der Waals surface area contributed by atoms with Gasteiger partial charge in [0, 0.05) is 26.2 Å². The van der Waals surface area contributed by atoms with Gasteiger partial charge < -0.3 is 37.6 Å².